The number of fused-ring (bicyclic) bond motifs is 5. The maximum atomic E-state index is 6.54. The van der Waals surface area contributed by atoms with Gasteiger partial charge in [-0.05, 0) is 56.9 Å². The Labute approximate surface area is 269 Å². The Balaban J connectivity index is 1.22. The van der Waals surface area contributed by atoms with E-state index in [2.05, 4.69) is 97.1 Å². The number of hydrogen-bond donors (Lipinski definition) is 0. The molecule has 216 valence electrons. The van der Waals surface area contributed by atoms with Crippen LogP contribution < -0.4 is 0 Å². The molecule has 46 heavy (non-hydrogen) atoms. The topological polar surface area (TPSA) is 51.8 Å². The lowest BCUT2D eigenvalue weighted by Gasteiger charge is -2.10. The molecule has 0 amide bonds. The van der Waals surface area contributed by atoms with Crippen molar-refractivity contribution < 1.29 is 4.42 Å². The molecule has 0 fully saturated rings. The van der Waals surface area contributed by atoms with Gasteiger partial charge in [0.25, 0.3) is 0 Å². The van der Waals surface area contributed by atoms with E-state index >= 15 is 0 Å². The van der Waals surface area contributed by atoms with E-state index in [1.54, 1.807) is 0 Å². The predicted octanol–water partition coefficient (Wildman–Crippen LogP) is 11.4. The third kappa shape index (κ3) is 4.50. The second-order valence-electron chi connectivity index (χ2n) is 11.4. The van der Waals surface area contributed by atoms with Crippen LogP contribution in [0.4, 0.5) is 0 Å². The SMILES string of the molecule is Clc1cccc2c1oc1cccc(-c3nc(-c4ccc(-c5ccc6ccccc6c5)cc4)nc(-c4ccc5ccccc5c4)n3)c12. The minimum Gasteiger partial charge on any atom is -0.454 e. The zero-order valence-corrected chi connectivity index (χ0v) is 25.2. The summed E-state index contributed by atoms with van der Waals surface area (Å²) in [6.45, 7) is 0. The van der Waals surface area contributed by atoms with E-state index in [-0.39, 0.29) is 0 Å². The van der Waals surface area contributed by atoms with Crippen molar-refractivity contribution in [1.29, 1.82) is 0 Å². The maximum absolute atomic E-state index is 6.54. The van der Waals surface area contributed by atoms with Crippen LogP contribution in [-0.4, -0.2) is 15.0 Å². The summed E-state index contributed by atoms with van der Waals surface area (Å²) in [4.78, 5) is 15.2. The van der Waals surface area contributed by atoms with Crippen molar-refractivity contribution in [2.75, 3.05) is 0 Å². The second kappa shape index (κ2) is 10.7. The monoisotopic (exact) mass is 609 g/mol. The number of aromatic nitrogens is 3. The lowest BCUT2D eigenvalue weighted by Crippen LogP contribution is -2.00. The van der Waals surface area contributed by atoms with Gasteiger partial charge < -0.3 is 4.42 Å². The molecule has 0 saturated carbocycles. The first-order chi connectivity index (χ1) is 22.7. The molecule has 4 nitrogen and oxygen atoms in total. The summed E-state index contributed by atoms with van der Waals surface area (Å²) in [5, 5.41) is 7.15. The zero-order chi connectivity index (χ0) is 30.6. The number of furan rings is 1. The highest BCUT2D eigenvalue weighted by Gasteiger charge is 2.19. The van der Waals surface area contributed by atoms with E-state index in [9.17, 15) is 0 Å². The quantitative estimate of drug-likeness (QED) is 0.199. The third-order valence-electron chi connectivity index (χ3n) is 8.58. The van der Waals surface area contributed by atoms with Crippen molar-refractivity contribution in [3.8, 4) is 45.3 Å². The van der Waals surface area contributed by atoms with Crippen LogP contribution in [0.2, 0.25) is 5.02 Å². The first kappa shape index (κ1) is 26.6. The number of para-hydroxylation sites is 1. The van der Waals surface area contributed by atoms with Crippen molar-refractivity contribution in [3.05, 3.63) is 151 Å². The predicted molar refractivity (Wildman–Crippen MR) is 189 cm³/mol. The molecule has 0 atom stereocenters. The minimum atomic E-state index is 0.569. The summed E-state index contributed by atoms with van der Waals surface area (Å²) in [6.07, 6.45) is 0. The molecule has 0 aliphatic rings. The summed E-state index contributed by atoms with van der Waals surface area (Å²) in [7, 11) is 0. The zero-order valence-electron chi connectivity index (χ0n) is 24.5. The van der Waals surface area contributed by atoms with Crippen LogP contribution in [0.5, 0.6) is 0 Å². The maximum Gasteiger partial charge on any atom is 0.164 e. The highest BCUT2D eigenvalue weighted by atomic mass is 35.5. The second-order valence-corrected chi connectivity index (χ2v) is 11.8. The smallest absolute Gasteiger partial charge is 0.164 e. The van der Waals surface area contributed by atoms with Gasteiger partial charge in [0.05, 0.1) is 5.02 Å². The van der Waals surface area contributed by atoms with Gasteiger partial charge in [0.1, 0.15) is 5.58 Å². The van der Waals surface area contributed by atoms with Crippen LogP contribution in [0.15, 0.2) is 150 Å². The van der Waals surface area contributed by atoms with E-state index in [1.165, 1.54) is 10.8 Å². The summed E-state index contributed by atoms with van der Waals surface area (Å²) in [5.74, 6) is 1.77. The lowest BCUT2D eigenvalue weighted by molar-refractivity contribution is 0.669. The van der Waals surface area contributed by atoms with Crippen molar-refractivity contribution in [1.82, 2.24) is 15.0 Å². The Kier molecular flexibility index (Phi) is 6.15. The number of hydrogen-bond acceptors (Lipinski definition) is 4. The standard InChI is InChI=1S/C41H24ClN3O/c42-35-13-5-11-33-37-34(12-6-14-36(37)46-38(33)35)41-44-39(43-40(45-41)32-22-18-26-8-2-4-10-30(26)24-32)28-19-15-27(16-20-28)31-21-17-25-7-1-3-9-29(25)23-31/h1-24H. The number of nitrogens with zero attached hydrogens (tertiary/aromatic N) is 3. The van der Waals surface area contributed by atoms with E-state index < -0.39 is 0 Å². The number of halogens is 1. The fraction of sp³-hybridized carbons (Fsp3) is 0. The van der Waals surface area contributed by atoms with Crippen molar-refractivity contribution >= 4 is 55.1 Å². The lowest BCUT2D eigenvalue weighted by atomic mass is 10.00. The Hall–Kier alpha value is -5.84. The molecule has 0 bridgehead atoms. The van der Waals surface area contributed by atoms with Gasteiger partial charge >= 0.3 is 0 Å². The molecule has 9 rings (SSSR count). The van der Waals surface area contributed by atoms with Crippen molar-refractivity contribution in [2.45, 2.75) is 0 Å². The van der Waals surface area contributed by atoms with E-state index in [1.807, 2.05) is 48.5 Å². The van der Waals surface area contributed by atoms with Crippen LogP contribution in [0.3, 0.4) is 0 Å². The molecule has 0 aliphatic carbocycles. The molecule has 2 heterocycles. The molecule has 0 spiro atoms. The molecule has 0 unspecified atom stereocenters. The molecule has 9 aromatic rings. The highest BCUT2D eigenvalue weighted by Crippen LogP contribution is 2.39. The van der Waals surface area contributed by atoms with Crippen LogP contribution >= 0.6 is 11.6 Å². The average molecular weight is 610 g/mol. The van der Waals surface area contributed by atoms with Crippen molar-refractivity contribution in [2.24, 2.45) is 0 Å². The summed E-state index contributed by atoms with van der Waals surface area (Å²) in [6, 6.07) is 49.8. The first-order valence-electron chi connectivity index (χ1n) is 15.1. The van der Waals surface area contributed by atoms with Gasteiger partial charge in [0.2, 0.25) is 0 Å². The Morgan fingerprint density at radius 3 is 1.74 bits per heavy atom. The van der Waals surface area contributed by atoms with Gasteiger partial charge in [-0.3, -0.25) is 0 Å². The van der Waals surface area contributed by atoms with E-state index in [0.717, 1.165) is 54.9 Å². The van der Waals surface area contributed by atoms with Gasteiger partial charge in [-0.2, -0.15) is 0 Å². The highest BCUT2D eigenvalue weighted by molar-refractivity contribution is 6.36. The molecule has 2 aromatic heterocycles. The van der Waals surface area contributed by atoms with Crippen molar-refractivity contribution in [3.63, 3.8) is 0 Å². The molecule has 0 N–H and O–H groups in total. The number of rotatable bonds is 4. The Bertz CT molecular complexity index is 2610. The van der Waals surface area contributed by atoms with Crippen LogP contribution in [0, 0.1) is 0 Å². The largest absolute Gasteiger partial charge is 0.454 e. The molecular weight excluding hydrogens is 586 g/mol. The molecule has 0 radical (unpaired) electrons. The summed E-state index contributed by atoms with van der Waals surface area (Å²) < 4.78 is 6.20. The fourth-order valence-electron chi connectivity index (χ4n) is 6.26. The van der Waals surface area contributed by atoms with Gasteiger partial charge in [0, 0.05) is 27.5 Å². The van der Waals surface area contributed by atoms with Crippen LogP contribution in [0.25, 0.3) is 88.8 Å². The average Bonchev–Trinajstić information content (AvgIpc) is 3.51. The Morgan fingerprint density at radius 2 is 1.00 bits per heavy atom. The molecule has 7 aromatic carbocycles. The molecule has 5 heteroatoms. The normalized spacial score (nSPS) is 11.6. The van der Waals surface area contributed by atoms with Crippen LogP contribution in [0.1, 0.15) is 0 Å². The summed E-state index contributed by atoms with van der Waals surface area (Å²) in [5.41, 5.74) is 6.36. The van der Waals surface area contributed by atoms with Gasteiger partial charge in [-0.25, -0.2) is 15.0 Å². The van der Waals surface area contributed by atoms with Gasteiger partial charge in [0.15, 0.2) is 23.1 Å². The van der Waals surface area contributed by atoms with Gasteiger partial charge in [-0.15, -0.1) is 0 Å². The van der Waals surface area contributed by atoms with Crippen LogP contribution in [-0.2, 0) is 0 Å². The summed E-state index contributed by atoms with van der Waals surface area (Å²) >= 11 is 6.54. The molecule has 0 aliphatic heterocycles. The minimum absolute atomic E-state index is 0.569. The third-order valence-corrected chi connectivity index (χ3v) is 8.88. The van der Waals surface area contributed by atoms with E-state index in [0.29, 0.717) is 28.1 Å². The number of benzene rings is 7. The Morgan fingerprint density at radius 1 is 0.435 bits per heavy atom. The molecule has 0 saturated heterocycles. The fourth-order valence-corrected chi connectivity index (χ4v) is 6.48. The first-order valence-corrected chi connectivity index (χ1v) is 15.5. The van der Waals surface area contributed by atoms with Gasteiger partial charge in [-0.1, -0.05) is 133 Å². The molecular formula is C41H24ClN3O. The van der Waals surface area contributed by atoms with E-state index in [4.69, 9.17) is 31.0 Å².